The van der Waals surface area contributed by atoms with Crippen LogP contribution in [-0.4, -0.2) is 31.4 Å². The van der Waals surface area contributed by atoms with E-state index in [4.69, 9.17) is 5.21 Å². The van der Waals surface area contributed by atoms with E-state index in [0.29, 0.717) is 17.6 Å². The highest BCUT2D eigenvalue weighted by molar-refractivity contribution is 6.03. The number of hydroxylamine groups is 1. The van der Waals surface area contributed by atoms with Crippen molar-refractivity contribution in [2.45, 2.75) is 13.3 Å². The van der Waals surface area contributed by atoms with Gasteiger partial charge in [-0.05, 0) is 43.3 Å². The number of fused-ring (bicyclic) bond motifs is 1. The normalized spacial score (nSPS) is 13.4. The van der Waals surface area contributed by atoms with Crippen LogP contribution in [0.4, 0.5) is 5.69 Å². The largest absolute Gasteiger partial charge is 0.508 e. The minimum Gasteiger partial charge on any atom is -0.508 e. The van der Waals surface area contributed by atoms with Crippen molar-refractivity contribution in [2.24, 2.45) is 4.99 Å². The third-order valence-corrected chi connectivity index (χ3v) is 4.31. The van der Waals surface area contributed by atoms with Crippen LogP contribution in [0.1, 0.15) is 28.2 Å². The van der Waals surface area contributed by atoms with Gasteiger partial charge < -0.3 is 10.4 Å². The lowest BCUT2D eigenvalue weighted by Crippen LogP contribution is -2.18. The number of nitrogens with one attached hydrogen (secondary N) is 2. The van der Waals surface area contributed by atoms with E-state index in [0.717, 1.165) is 28.6 Å². The number of benzene rings is 1. The van der Waals surface area contributed by atoms with E-state index >= 15 is 0 Å². The Labute approximate surface area is 154 Å². The first-order chi connectivity index (χ1) is 13.0. The van der Waals surface area contributed by atoms with E-state index in [1.54, 1.807) is 48.1 Å². The number of hydrogen-bond donors (Lipinski definition) is 4. The summed E-state index contributed by atoms with van der Waals surface area (Å²) in [6.45, 7) is 1.91. The fourth-order valence-corrected chi connectivity index (χ4v) is 3.06. The van der Waals surface area contributed by atoms with Crippen LogP contribution in [-0.2, 0) is 0 Å². The van der Waals surface area contributed by atoms with Gasteiger partial charge in [-0.2, -0.15) is 0 Å². The lowest BCUT2D eigenvalue weighted by Gasteiger charge is -2.07. The van der Waals surface area contributed by atoms with Gasteiger partial charge in [-0.15, -0.1) is 0 Å². The highest BCUT2D eigenvalue weighted by Crippen LogP contribution is 2.28. The second-order valence-electron chi connectivity index (χ2n) is 6.15. The van der Waals surface area contributed by atoms with Crippen LogP contribution in [0.3, 0.4) is 0 Å². The molecular formula is C19H17N5O3. The van der Waals surface area contributed by atoms with Crippen LogP contribution >= 0.6 is 0 Å². The second kappa shape index (κ2) is 6.58. The Morgan fingerprint density at radius 1 is 1.22 bits per heavy atom. The molecule has 8 nitrogen and oxygen atoms in total. The number of imidazole rings is 1. The van der Waals surface area contributed by atoms with Gasteiger partial charge in [0, 0.05) is 29.9 Å². The summed E-state index contributed by atoms with van der Waals surface area (Å²) >= 11 is 0. The molecule has 0 fully saturated rings. The van der Waals surface area contributed by atoms with Crippen molar-refractivity contribution in [2.75, 3.05) is 5.32 Å². The van der Waals surface area contributed by atoms with Crippen molar-refractivity contribution in [3.8, 4) is 5.75 Å². The molecule has 0 atom stereocenters. The number of carbonyl (C=O) groups excluding carboxylic acids is 1. The molecule has 1 aromatic carbocycles. The van der Waals surface area contributed by atoms with Crippen molar-refractivity contribution in [1.29, 1.82) is 0 Å². The van der Waals surface area contributed by atoms with E-state index < -0.39 is 5.91 Å². The number of aromatic nitrogens is 2. The summed E-state index contributed by atoms with van der Waals surface area (Å²) in [6.07, 6.45) is 4.42. The zero-order valence-electron chi connectivity index (χ0n) is 14.5. The zero-order chi connectivity index (χ0) is 19.0. The van der Waals surface area contributed by atoms with Crippen LogP contribution in [0.25, 0.3) is 11.3 Å². The van der Waals surface area contributed by atoms with Crippen LogP contribution in [0.15, 0.2) is 53.7 Å². The summed E-state index contributed by atoms with van der Waals surface area (Å²) in [7, 11) is 0. The Hall–Kier alpha value is -3.65. The highest BCUT2D eigenvalue weighted by atomic mass is 16.5. The fourth-order valence-electron chi connectivity index (χ4n) is 3.06. The maximum absolute atomic E-state index is 11.4. The maximum Gasteiger partial charge on any atom is 0.274 e. The number of aromatic hydroxyl groups is 1. The predicted molar refractivity (Wildman–Crippen MR) is 101 cm³/mol. The van der Waals surface area contributed by atoms with Crippen molar-refractivity contribution < 1.29 is 15.1 Å². The minimum absolute atomic E-state index is 0.170. The lowest BCUT2D eigenvalue weighted by molar-refractivity contribution is 0.0706. The first-order valence-electron chi connectivity index (χ1n) is 8.32. The summed E-state index contributed by atoms with van der Waals surface area (Å²) in [5.74, 6) is 0.388. The molecule has 1 aliphatic rings. The van der Waals surface area contributed by atoms with E-state index in [2.05, 4.69) is 15.3 Å². The van der Waals surface area contributed by atoms with Gasteiger partial charge in [-0.1, -0.05) is 0 Å². The zero-order valence-corrected chi connectivity index (χ0v) is 14.5. The number of nitrogens with zero attached hydrogens (tertiary/aromatic N) is 3. The molecule has 0 radical (unpaired) electrons. The smallest absolute Gasteiger partial charge is 0.274 e. The molecule has 27 heavy (non-hydrogen) atoms. The molecule has 0 saturated heterocycles. The molecule has 0 bridgehead atoms. The number of aliphatic imine (C=N–C) groups is 1. The predicted octanol–water partition coefficient (Wildman–Crippen LogP) is 2.72. The lowest BCUT2D eigenvalue weighted by atomic mass is 10.2. The average molecular weight is 363 g/mol. The summed E-state index contributed by atoms with van der Waals surface area (Å²) in [6, 6.07) is 9.93. The molecule has 2 aromatic heterocycles. The van der Waals surface area contributed by atoms with Gasteiger partial charge in [-0.3, -0.25) is 14.4 Å². The summed E-state index contributed by atoms with van der Waals surface area (Å²) < 4.78 is 1.90. The Morgan fingerprint density at radius 3 is 2.74 bits per heavy atom. The molecular weight excluding hydrogens is 346 g/mol. The maximum atomic E-state index is 11.4. The highest BCUT2D eigenvalue weighted by Gasteiger charge is 2.18. The number of anilines is 1. The average Bonchev–Trinajstić information content (AvgIpc) is 3.24. The van der Waals surface area contributed by atoms with E-state index in [9.17, 15) is 9.90 Å². The fraction of sp³-hybridized carbons (Fsp3) is 0.105. The van der Waals surface area contributed by atoms with Crippen molar-refractivity contribution in [3.05, 3.63) is 65.6 Å². The molecule has 0 unspecified atom stereocenters. The van der Waals surface area contributed by atoms with Crippen molar-refractivity contribution in [3.63, 3.8) is 0 Å². The van der Waals surface area contributed by atoms with Gasteiger partial charge in [0.25, 0.3) is 5.91 Å². The molecule has 136 valence electrons. The number of hydrogen-bond acceptors (Lipinski definition) is 6. The summed E-state index contributed by atoms with van der Waals surface area (Å²) in [5.41, 5.74) is 5.94. The molecule has 8 heteroatoms. The van der Waals surface area contributed by atoms with Gasteiger partial charge in [-0.25, -0.2) is 15.5 Å². The van der Waals surface area contributed by atoms with E-state index in [1.165, 1.54) is 0 Å². The topological polar surface area (TPSA) is 111 Å². The van der Waals surface area contributed by atoms with Crippen LogP contribution in [0, 0.1) is 6.92 Å². The molecule has 0 aliphatic carbocycles. The van der Waals surface area contributed by atoms with Crippen molar-refractivity contribution >= 4 is 28.8 Å². The van der Waals surface area contributed by atoms with E-state index in [-0.39, 0.29) is 5.75 Å². The van der Waals surface area contributed by atoms with Gasteiger partial charge in [0.1, 0.15) is 17.2 Å². The summed E-state index contributed by atoms with van der Waals surface area (Å²) in [4.78, 5) is 20.5. The minimum atomic E-state index is -0.558. The molecule has 4 rings (SSSR count). The molecule has 0 spiro atoms. The standard InChI is InChI=1S/C19H17N5O3/c1-11-18(24-9-8-14(25)10-17(24)20-11)15-6-7-16(22-15)21-13-4-2-12(3-5-13)19(26)23-27/h2-6,8-10,25,27H,7H2,1H3,(H,21,22)(H,23,26). The van der Waals surface area contributed by atoms with E-state index in [1.807, 2.05) is 17.4 Å². The first-order valence-corrected chi connectivity index (χ1v) is 8.32. The monoisotopic (exact) mass is 363 g/mol. The third kappa shape index (κ3) is 3.13. The van der Waals surface area contributed by atoms with Gasteiger partial charge >= 0.3 is 0 Å². The Kier molecular flexibility index (Phi) is 4.09. The number of rotatable bonds is 3. The first kappa shape index (κ1) is 16.8. The van der Waals surface area contributed by atoms with Gasteiger partial charge in [0.15, 0.2) is 0 Å². The molecule has 1 amide bonds. The second-order valence-corrected chi connectivity index (χ2v) is 6.15. The van der Waals surface area contributed by atoms with Gasteiger partial charge in [0.05, 0.1) is 17.1 Å². The van der Waals surface area contributed by atoms with Crippen LogP contribution in [0.2, 0.25) is 0 Å². The van der Waals surface area contributed by atoms with Gasteiger partial charge in [0.2, 0.25) is 0 Å². The van der Waals surface area contributed by atoms with Crippen LogP contribution < -0.4 is 10.8 Å². The number of pyridine rings is 1. The molecule has 0 saturated carbocycles. The molecule has 4 N–H and O–H groups in total. The Bertz CT molecular complexity index is 1100. The number of carbonyl (C=O) groups is 1. The Balaban J connectivity index is 1.57. The number of amides is 1. The van der Waals surface area contributed by atoms with Crippen molar-refractivity contribution in [1.82, 2.24) is 14.9 Å². The molecule has 3 aromatic rings. The number of amidine groups is 1. The number of aryl methyl sites for hydroxylation is 1. The molecule has 1 aliphatic heterocycles. The SMILES string of the molecule is Cc1nc2cc(O)ccn2c1C1=CCC(Nc2ccc(C(=O)NO)cc2)=N1. The molecule has 3 heterocycles. The van der Waals surface area contributed by atoms with Crippen LogP contribution in [0.5, 0.6) is 5.75 Å². The Morgan fingerprint density at radius 2 is 2.00 bits per heavy atom. The third-order valence-electron chi connectivity index (χ3n) is 4.31. The quantitative estimate of drug-likeness (QED) is 0.422. The summed E-state index contributed by atoms with van der Waals surface area (Å²) in [5, 5.41) is 21.5.